The number of sulfonamides is 1. The number of carbonyl (C=O) groups is 3. The number of anilines is 2. The Morgan fingerprint density at radius 3 is 2.23 bits per heavy atom. The highest BCUT2D eigenvalue weighted by Crippen LogP contribution is 2.34. The van der Waals surface area contributed by atoms with E-state index in [-0.39, 0.29) is 27.6 Å². The second kappa shape index (κ2) is 12.9. The third-order valence-corrected chi connectivity index (χ3v) is 8.94. The van der Waals surface area contributed by atoms with Crippen LogP contribution in [0.3, 0.4) is 0 Å². The summed E-state index contributed by atoms with van der Waals surface area (Å²) in [5.74, 6) is -1.43. The average molecular weight is 588 g/mol. The van der Waals surface area contributed by atoms with Crippen LogP contribution >= 0.6 is 11.3 Å². The Hall–Kier alpha value is -3.94. The van der Waals surface area contributed by atoms with Crippen LogP contribution in [0.4, 0.5) is 11.4 Å². The van der Waals surface area contributed by atoms with Crippen molar-refractivity contribution in [3.05, 3.63) is 64.4 Å². The number of hydrogen-bond donors (Lipinski definition) is 2. The standard InChI is InChI=1S/C27H29N3O8S2/c1-36-22-15-20(21(16-23(22)37-2)29-26(32)24-7-6-14-39-24)27(33)38-17-25(31)28-18-8-10-19(11-9-18)40(34,35)30-12-4-3-5-13-30/h6-11,14-16H,3-5,12-13,17H2,1-2H3,(H,28,31)(H,29,32). The molecule has 212 valence electrons. The van der Waals surface area contributed by atoms with E-state index in [0.29, 0.717) is 23.7 Å². The largest absolute Gasteiger partial charge is 0.493 e. The van der Waals surface area contributed by atoms with E-state index in [1.54, 1.807) is 17.5 Å². The van der Waals surface area contributed by atoms with Crippen LogP contribution in [0.1, 0.15) is 39.3 Å². The summed E-state index contributed by atoms with van der Waals surface area (Å²) in [6, 6.07) is 12.0. The number of hydrogen-bond acceptors (Lipinski definition) is 9. The number of nitrogens with zero attached hydrogens (tertiary/aromatic N) is 1. The summed E-state index contributed by atoms with van der Waals surface area (Å²) in [6.45, 7) is 0.358. The van der Waals surface area contributed by atoms with Gasteiger partial charge in [0.1, 0.15) is 0 Å². The first-order chi connectivity index (χ1) is 19.2. The lowest BCUT2D eigenvalue weighted by atomic mass is 10.1. The van der Waals surface area contributed by atoms with Gasteiger partial charge in [0, 0.05) is 30.9 Å². The van der Waals surface area contributed by atoms with Gasteiger partial charge >= 0.3 is 5.97 Å². The maximum Gasteiger partial charge on any atom is 0.340 e. The van der Waals surface area contributed by atoms with Gasteiger partial charge in [0.25, 0.3) is 11.8 Å². The summed E-state index contributed by atoms with van der Waals surface area (Å²) in [4.78, 5) is 38.6. The summed E-state index contributed by atoms with van der Waals surface area (Å²) < 4.78 is 42.9. The molecule has 4 rings (SSSR count). The van der Waals surface area contributed by atoms with Crippen molar-refractivity contribution in [2.75, 3.05) is 44.5 Å². The van der Waals surface area contributed by atoms with Gasteiger partial charge in [0.05, 0.1) is 35.2 Å². The lowest BCUT2D eigenvalue weighted by Gasteiger charge is -2.25. The lowest BCUT2D eigenvalue weighted by molar-refractivity contribution is -0.119. The monoisotopic (exact) mass is 587 g/mol. The number of nitrogens with one attached hydrogen (secondary N) is 2. The molecule has 0 unspecified atom stereocenters. The second-order valence-electron chi connectivity index (χ2n) is 8.80. The smallest absolute Gasteiger partial charge is 0.340 e. The first-order valence-corrected chi connectivity index (χ1v) is 14.7. The normalized spacial score (nSPS) is 13.8. The molecule has 1 fully saturated rings. The summed E-state index contributed by atoms with van der Waals surface area (Å²) in [7, 11) is -0.781. The minimum atomic E-state index is -3.59. The van der Waals surface area contributed by atoms with Crippen molar-refractivity contribution in [3.8, 4) is 11.5 Å². The van der Waals surface area contributed by atoms with Crippen LogP contribution in [0.5, 0.6) is 11.5 Å². The van der Waals surface area contributed by atoms with Gasteiger partial charge in [0.15, 0.2) is 18.1 Å². The molecule has 0 spiro atoms. The molecular formula is C27H29N3O8S2. The highest BCUT2D eigenvalue weighted by molar-refractivity contribution is 7.89. The van der Waals surface area contributed by atoms with Gasteiger partial charge in [-0.2, -0.15) is 4.31 Å². The third kappa shape index (κ3) is 6.79. The van der Waals surface area contributed by atoms with Crippen molar-refractivity contribution in [1.82, 2.24) is 4.31 Å². The molecule has 11 nitrogen and oxygen atoms in total. The molecule has 3 aromatic rings. The van der Waals surface area contributed by atoms with Crippen LogP contribution < -0.4 is 20.1 Å². The molecule has 2 N–H and O–H groups in total. The Kier molecular flexibility index (Phi) is 9.40. The molecule has 1 aliphatic heterocycles. The van der Waals surface area contributed by atoms with E-state index in [1.807, 2.05) is 0 Å². The summed E-state index contributed by atoms with van der Waals surface area (Å²) in [5.41, 5.74) is 0.420. The van der Waals surface area contributed by atoms with Crippen LogP contribution in [0, 0.1) is 0 Å². The number of benzene rings is 2. The molecule has 2 aromatic carbocycles. The van der Waals surface area contributed by atoms with Crippen molar-refractivity contribution >= 4 is 50.5 Å². The Morgan fingerprint density at radius 2 is 1.60 bits per heavy atom. The van der Waals surface area contributed by atoms with Crippen LogP contribution in [0.2, 0.25) is 0 Å². The number of thiophene rings is 1. The number of ether oxygens (including phenoxy) is 3. The van der Waals surface area contributed by atoms with Crippen molar-refractivity contribution in [2.45, 2.75) is 24.2 Å². The van der Waals surface area contributed by atoms with Crippen LogP contribution in [-0.4, -0.2) is 64.4 Å². The zero-order chi connectivity index (χ0) is 28.7. The minimum Gasteiger partial charge on any atom is -0.493 e. The molecule has 0 atom stereocenters. The average Bonchev–Trinajstić information content (AvgIpc) is 3.52. The molecule has 0 saturated carbocycles. The summed E-state index contributed by atoms with van der Waals surface area (Å²) >= 11 is 1.23. The SMILES string of the molecule is COc1cc(NC(=O)c2cccs2)c(C(=O)OCC(=O)Nc2ccc(S(=O)(=O)N3CCCCC3)cc2)cc1OC. The molecular weight excluding hydrogens is 558 g/mol. The number of esters is 1. The number of rotatable bonds is 10. The fraction of sp³-hybridized carbons (Fsp3) is 0.296. The maximum atomic E-state index is 12.9. The molecule has 0 bridgehead atoms. The molecule has 1 aliphatic rings. The van der Waals surface area contributed by atoms with Gasteiger partial charge in [-0.3, -0.25) is 9.59 Å². The molecule has 40 heavy (non-hydrogen) atoms. The van der Waals surface area contributed by atoms with Crippen molar-refractivity contribution in [1.29, 1.82) is 0 Å². The van der Waals surface area contributed by atoms with Crippen LogP contribution in [-0.2, 0) is 19.6 Å². The second-order valence-corrected chi connectivity index (χ2v) is 11.7. The zero-order valence-corrected chi connectivity index (χ0v) is 23.6. The first kappa shape index (κ1) is 29.1. The van der Waals surface area contributed by atoms with E-state index in [0.717, 1.165) is 19.3 Å². The van der Waals surface area contributed by atoms with E-state index in [9.17, 15) is 22.8 Å². The van der Waals surface area contributed by atoms with Crippen molar-refractivity contribution in [2.24, 2.45) is 0 Å². The fourth-order valence-electron chi connectivity index (χ4n) is 4.11. The Morgan fingerprint density at radius 1 is 0.925 bits per heavy atom. The van der Waals surface area contributed by atoms with E-state index in [1.165, 1.54) is 66.3 Å². The van der Waals surface area contributed by atoms with E-state index in [4.69, 9.17) is 14.2 Å². The van der Waals surface area contributed by atoms with Crippen molar-refractivity contribution in [3.63, 3.8) is 0 Å². The van der Waals surface area contributed by atoms with Crippen molar-refractivity contribution < 1.29 is 37.0 Å². The molecule has 13 heteroatoms. The molecule has 2 heterocycles. The highest BCUT2D eigenvalue weighted by Gasteiger charge is 2.26. The first-order valence-electron chi connectivity index (χ1n) is 12.4. The summed E-state index contributed by atoms with van der Waals surface area (Å²) in [5, 5.41) is 6.99. The predicted molar refractivity (Wildman–Crippen MR) is 150 cm³/mol. The summed E-state index contributed by atoms with van der Waals surface area (Å²) in [6.07, 6.45) is 2.68. The van der Waals surface area contributed by atoms with Gasteiger partial charge in [-0.25, -0.2) is 13.2 Å². The Labute approximate surface area is 236 Å². The minimum absolute atomic E-state index is 0.0392. The number of methoxy groups -OCH3 is 2. The van der Waals surface area contributed by atoms with E-state index in [2.05, 4.69) is 10.6 Å². The van der Waals surface area contributed by atoms with Gasteiger partial charge in [-0.1, -0.05) is 12.5 Å². The van der Waals surface area contributed by atoms with E-state index < -0.39 is 34.4 Å². The lowest BCUT2D eigenvalue weighted by Crippen LogP contribution is -2.35. The number of piperidine rings is 1. The molecule has 2 amide bonds. The number of carbonyl (C=O) groups excluding carboxylic acids is 3. The quantitative estimate of drug-likeness (QED) is 0.340. The zero-order valence-electron chi connectivity index (χ0n) is 22.0. The Bertz CT molecular complexity index is 1470. The van der Waals surface area contributed by atoms with Crippen LogP contribution in [0.15, 0.2) is 58.8 Å². The Balaban J connectivity index is 1.41. The van der Waals surface area contributed by atoms with E-state index >= 15 is 0 Å². The van der Waals surface area contributed by atoms with Gasteiger partial charge < -0.3 is 24.8 Å². The van der Waals surface area contributed by atoms with Crippen LogP contribution in [0.25, 0.3) is 0 Å². The third-order valence-electron chi connectivity index (χ3n) is 6.16. The highest BCUT2D eigenvalue weighted by atomic mass is 32.2. The number of amides is 2. The molecule has 0 radical (unpaired) electrons. The predicted octanol–water partition coefficient (Wildman–Crippen LogP) is 3.99. The molecule has 1 saturated heterocycles. The fourth-order valence-corrected chi connectivity index (χ4v) is 6.25. The molecule has 1 aromatic heterocycles. The topological polar surface area (TPSA) is 140 Å². The van der Waals surface area contributed by atoms with Gasteiger partial charge in [0.2, 0.25) is 10.0 Å². The maximum absolute atomic E-state index is 12.9. The molecule has 0 aliphatic carbocycles. The van der Waals surface area contributed by atoms with Gasteiger partial charge in [-0.15, -0.1) is 11.3 Å². The van der Waals surface area contributed by atoms with Gasteiger partial charge in [-0.05, 0) is 48.6 Å².